The lowest BCUT2D eigenvalue weighted by Crippen LogP contribution is -2.39. The number of ketones is 1. The molecular formula is C18H18BrF3N2O5. The van der Waals surface area contributed by atoms with Gasteiger partial charge in [0, 0.05) is 16.2 Å². The second-order valence-electron chi connectivity index (χ2n) is 6.10. The van der Waals surface area contributed by atoms with E-state index < -0.39 is 28.0 Å². The molecule has 0 saturated carbocycles. The van der Waals surface area contributed by atoms with Gasteiger partial charge in [0.15, 0.2) is 11.4 Å². The lowest BCUT2D eigenvalue weighted by Gasteiger charge is -2.20. The molecule has 0 radical (unpaired) electrons. The lowest BCUT2D eigenvalue weighted by atomic mass is 10.0. The Bertz CT molecular complexity index is 871. The first-order valence-corrected chi connectivity index (χ1v) is 8.76. The summed E-state index contributed by atoms with van der Waals surface area (Å²) in [6.45, 7) is 2.74. The van der Waals surface area contributed by atoms with Crippen molar-refractivity contribution in [2.24, 2.45) is 0 Å². The van der Waals surface area contributed by atoms with Crippen LogP contribution in [-0.2, 0) is 11.0 Å². The number of anilines is 1. The summed E-state index contributed by atoms with van der Waals surface area (Å²) in [4.78, 5) is 20.2. The first-order valence-electron chi connectivity index (χ1n) is 7.97. The highest BCUT2D eigenvalue weighted by Crippen LogP contribution is 2.36. The summed E-state index contributed by atoms with van der Waals surface area (Å²) >= 11 is 3.30. The number of benzene rings is 2. The van der Waals surface area contributed by atoms with E-state index in [1.165, 1.54) is 13.8 Å². The molecule has 7 nitrogen and oxygen atoms in total. The van der Waals surface area contributed by atoms with Crippen LogP contribution in [0.1, 0.15) is 19.4 Å². The summed E-state index contributed by atoms with van der Waals surface area (Å²) in [6.07, 6.45) is -4.77. The predicted molar refractivity (Wildman–Crippen MR) is 103 cm³/mol. The summed E-state index contributed by atoms with van der Waals surface area (Å²) in [5, 5.41) is 19.9. The third-order valence-electron chi connectivity index (χ3n) is 3.61. The Hall–Kier alpha value is -2.66. The number of Topliss-reactive ketones (excluding diaryl/α,β-unsaturated/α-hetero) is 1. The molecule has 0 aliphatic carbocycles. The van der Waals surface area contributed by atoms with Crippen molar-refractivity contribution in [2.75, 3.05) is 12.3 Å². The van der Waals surface area contributed by atoms with Crippen molar-refractivity contribution >= 4 is 33.1 Å². The van der Waals surface area contributed by atoms with E-state index in [0.29, 0.717) is 11.8 Å². The summed E-state index contributed by atoms with van der Waals surface area (Å²) in [6, 6.07) is 9.51. The molecule has 2 rings (SSSR count). The lowest BCUT2D eigenvalue weighted by molar-refractivity contribution is -0.388. The van der Waals surface area contributed by atoms with Gasteiger partial charge in [-0.1, -0.05) is 15.9 Å². The molecule has 0 amide bonds. The van der Waals surface area contributed by atoms with E-state index in [0.717, 1.165) is 16.6 Å². The third kappa shape index (κ3) is 7.70. The molecule has 158 valence electrons. The van der Waals surface area contributed by atoms with E-state index in [9.17, 15) is 33.2 Å². The zero-order chi connectivity index (χ0) is 22.4. The Labute approximate surface area is 172 Å². The van der Waals surface area contributed by atoms with Gasteiger partial charge in [0.2, 0.25) is 0 Å². The van der Waals surface area contributed by atoms with E-state index in [1.54, 1.807) is 12.1 Å². The molecule has 3 N–H and O–H groups in total. The van der Waals surface area contributed by atoms with Gasteiger partial charge >= 0.3 is 6.18 Å². The first-order chi connectivity index (χ1) is 13.2. The van der Waals surface area contributed by atoms with Gasteiger partial charge in [0.1, 0.15) is 17.9 Å². The molecule has 0 heterocycles. The van der Waals surface area contributed by atoms with Crippen LogP contribution in [0.4, 0.5) is 24.5 Å². The number of nitrogens with two attached hydrogens (primary N) is 1. The highest BCUT2D eigenvalue weighted by Gasteiger charge is 2.38. The first kappa shape index (κ1) is 24.4. The van der Waals surface area contributed by atoms with E-state index in [-0.39, 0.29) is 18.1 Å². The van der Waals surface area contributed by atoms with Crippen molar-refractivity contribution in [3.8, 4) is 5.75 Å². The molecule has 2 aromatic rings. The quantitative estimate of drug-likeness (QED) is 0.374. The van der Waals surface area contributed by atoms with Crippen LogP contribution in [0.25, 0.3) is 0 Å². The van der Waals surface area contributed by atoms with Crippen molar-refractivity contribution in [1.82, 2.24) is 0 Å². The highest BCUT2D eigenvalue weighted by atomic mass is 79.9. The predicted octanol–water partition coefficient (Wildman–Crippen LogP) is 4.36. The minimum Gasteiger partial charge on any atom is -0.490 e. The number of aliphatic hydroxyl groups is 1. The van der Waals surface area contributed by atoms with E-state index in [2.05, 4.69) is 15.9 Å². The van der Waals surface area contributed by atoms with Crippen molar-refractivity contribution in [3.05, 3.63) is 62.6 Å². The van der Waals surface area contributed by atoms with Crippen LogP contribution in [0.3, 0.4) is 0 Å². The molecule has 0 aliphatic heterocycles. The molecule has 0 fully saturated rings. The Morgan fingerprint density at radius 3 is 2.24 bits per heavy atom. The molecule has 0 bridgehead atoms. The van der Waals surface area contributed by atoms with E-state index in [4.69, 9.17) is 10.5 Å². The zero-order valence-corrected chi connectivity index (χ0v) is 17.0. The van der Waals surface area contributed by atoms with Crippen molar-refractivity contribution in [1.29, 1.82) is 0 Å². The van der Waals surface area contributed by atoms with Crippen molar-refractivity contribution < 1.29 is 32.7 Å². The maximum Gasteiger partial charge on any atom is 0.423 e. The van der Waals surface area contributed by atoms with Crippen LogP contribution in [0.15, 0.2) is 46.9 Å². The average molecular weight is 479 g/mol. The highest BCUT2D eigenvalue weighted by molar-refractivity contribution is 9.10. The fourth-order valence-electron chi connectivity index (χ4n) is 1.80. The van der Waals surface area contributed by atoms with Gasteiger partial charge in [-0.2, -0.15) is 13.2 Å². The standard InChI is InChI=1S/C11H13BrO3.C7H5F3N2O2/c1-8(13)11(2,14)7-15-10-5-3-9(12)4-6-10;8-7(9,10)5-3-4(11)1-2-6(5)12(13)14/h3-6,14H,7H2,1-2H3;1-3H,11H2/t11-;/m0./s1. The minimum atomic E-state index is -4.77. The molecule has 0 unspecified atom stereocenters. The van der Waals surface area contributed by atoms with Crippen molar-refractivity contribution in [2.45, 2.75) is 25.6 Å². The van der Waals surface area contributed by atoms with Gasteiger partial charge < -0.3 is 15.6 Å². The van der Waals surface area contributed by atoms with Crippen LogP contribution in [0.2, 0.25) is 0 Å². The number of ether oxygens (including phenoxy) is 1. The number of carbonyl (C=O) groups is 1. The second kappa shape index (κ2) is 9.70. The Kier molecular flexibility index (Phi) is 8.15. The molecule has 1 atom stereocenters. The summed E-state index contributed by atoms with van der Waals surface area (Å²) in [5.41, 5.74) is 1.19. The minimum absolute atomic E-state index is 0.0377. The smallest absolute Gasteiger partial charge is 0.423 e. The van der Waals surface area contributed by atoms with Crippen LogP contribution in [0.5, 0.6) is 5.75 Å². The van der Waals surface area contributed by atoms with Gasteiger partial charge in [-0.25, -0.2) is 0 Å². The Morgan fingerprint density at radius 1 is 1.24 bits per heavy atom. The van der Waals surface area contributed by atoms with Crippen LogP contribution >= 0.6 is 15.9 Å². The third-order valence-corrected chi connectivity index (χ3v) is 4.14. The number of halogens is 4. The van der Waals surface area contributed by atoms with Gasteiger partial charge in [0.05, 0.1) is 4.92 Å². The topological polar surface area (TPSA) is 116 Å². The molecule has 0 aromatic heterocycles. The van der Waals surface area contributed by atoms with Gasteiger partial charge in [-0.05, 0) is 50.2 Å². The van der Waals surface area contributed by atoms with E-state index >= 15 is 0 Å². The van der Waals surface area contributed by atoms with Crippen LogP contribution < -0.4 is 10.5 Å². The Balaban J connectivity index is 0.000000291. The van der Waals surface area contributed by atoms with Gasteiger partial charge in [-0.3, -0.25) is 14.9 Å². The summed E-state index contributed by atoms with van der Waals surface area (Å²) in [5.74, 6) is 0.319. The number of alkyl halides is 3. The van der Waals surface area contributed by atoms with Crippen LogP contribution in [-0.4, -0.2) is 28.0 Å². The molecule has 29 heavy (non-hydrogen) atoms. The van der Waals surface area contributed by atoms with Gasteiger partial charge in [0.25, 0.3) is 5.69 Å². The van der Waals surface area contributed by atoms with E-state index in [1.807, 2.05) is 12.1 Å². The number of nitro benzene ring substituents is 1. The number of hydrogen-bond donors (Lipinski definition) is 2. The maximum absolute atomic E-state index is 12.2. The fourth-order valence-corrected chi connectivity index (χ4v) is 2.06. The number of hydrogen-bond acceptors (Lipinski definition) is 6. The number of rotatable bonds is 5. The fraction of sp³-hybridized carbons (Fsp3) is 0.278. The summed E-state index contributed by atoms with van der Waals surface area (Å²) < 4.78 is 42.9. The summed E-state index contributed by atoms with van der Waals surface area (Å²) in [7, 11) is 0. The Morgan fingerprint density at radius 2 is 1.79 bits per heavy atom. The zero-order valence-electron chi connectivity index (χ0n) is 15.4. The van der Waals surface area contributed by atoms with Crippen LogP contribution in [0, 0.1) is 10.1 Å². The largest absolute Gasteiger partial charge is 0.490 e. The molecule has 0 aliphatic rings. The molecular weight excluding hydrogens is 461 g/mol. The number of nitrogen functional groups attached to an aromatic ring is 1. The van der Waals surface area contributed by atoms with Crippen molar-refractivity contribution in [3.63, 3.8) is 0 Å². The number of nitrogens with zero attached hydrogens (tertiary/aromatic N) is 1. The molecule has 0 spiro atoms. The SMILES string of the molecule is CC(=O)[C@@](C)(O)COc1ccc(Br)cc1.Nc1ccc([N+](=O)[O-])c(C(F)(F)F)c1. The van der Waals surface area contributed by atoms with Gasteiger partial charge in [-0.15, -0.1) is 0 Å². The average Bonchev–Trinajstić information content (AvgIpc) is 2.60. The molecule has 11 heteroatoms. The maximum atomic E-state index is 12.2. The second-order valence-corrected chi connectivity index (χ2v) is 7.02. The molecule has 0 saturated heterocycles. The number of carbonyl (C=O) groups excluding carboxylic acids is 1. The normalized spacial score (nSPS) is 12.9. The molecule has 2 aromatic carbocycles. The monoisotopic (exact) mass is 478 g/mol. The number of nitro groups is 1.